The van der Waals surface area contributed by atoms with Crippen molar-refractivity contribution in [3.8, 4) is 5.75 Å². The molecule has 166 valence electrons. The Labute approximate surface area is 188 Å². The van der Waals surface area contributed by atoms with Crippen molar-refractivity contribution in [2.45, 2.75) is 18.7 Å². The summed E-state index contributed by atoms with van der Waals surface area (Å²) in [6.45, 7) is 3.33. The molecule has 0 spiro atoms. The minimum absolute atomic E-state index is 0.101. The number of ether oxygens (including phenoxy) is 1. The van der Waals surface area contributed by atoms with Gasteiger partial charge in [0.05, 0.1) is 23.9 Å². The Morgan fingerprint density at radius 3 is 2.28 bits per heavy atom. The van der Waals surface area contributed by atoms with Crippen LogP contribution in [0.5, 0.6) is 5.75 Å². The molecule has 0 radical (unpaired) electrons. The van der Waals surface area contributed by atoms with Crippen LogP contribution in [0.4, 0.5) is 5.69 Å². The minimum atomic E-state index is -3.97. The number of methoxy groups -OCH3 is 1. The molecule has 0 atom stereocenters. The largest absolute Gasteiger partial charge is 0.496 e. The van der Waals surface area contributed by atoms with E-state index in [1.54, 1.807) is 49.6 Å². The third-order valence-electron chi connectivity index (χ3n) is 4.64. The number of amides is 1. The molecule has 0 heterocycles. The van der Waals surface area contributed by atoms with Crippen LogP contribution in [-0.2, 0) is 14.8 Å². The number of benzene rings is 3. The van der Waals surface area contributed by atoms with Crippen LogP contribution in [0.3, 0.4) is 0 Å². The highest BCUT2D eigenvalue weighted by Gasteiger charge is 2.27. The van der Waals surface area contributed by atoms with Gasteiger partial charge in [0.25, 0.3) is 15.9 Å². The van der Waals surface area contributed by atoms with Crippen LogP contribution >= 0.6 is 0 Å². The Balaban J connectivity index is 1.87. The summed E-state index contributed by atoms with van der Waals surface area (Å²) in [6.07, 6.45) is 1.45. The number of anilines is 1. The third-order valence-corrected chi connectivity index (χ3v) is 6.43. The van der Waals surface area contributed by atoms with Gasteiger partial charge in [-0.15, -0.1) is 0 Å². The van der Waals surface area contributed by atoms with Crippen molar-refractivity contribution in [3.05, 3.63) is 89.5 Å². The van der Waals surface area contributed by atoms with E-state index in [-0.39, 0.29) is 4.90 Å². The summed E-state index contributed by atoms with van der Waals surface area (Å²) in [4.78, 5) is 12.8. The molecule has 3 rings (SSSR count). The van der Waals surface area contributed by atoms with Crippen LogP contribution in [0.1, 0.15) is 16.7 Å². The standard InChI is InChI=1S/C24H25N3O4S/c1-18-13-19(2)15-21(14-18)27(32(29,30)22-10-5-4-6-11-22)17-24(28)26-25-16-20-9-7-8-12-23(20)31-3/h4-16H,17H2,1-3H3,(H,26,28)/b25-16-. The Hall–Kier alpha value is -3.65. The number of hydrogen-bond donors (Lipinski definition) is 1. The fraction of sp³-hybridized carbons (Fsp3) is 0.167. The number of nitrogens with zero attached hydrogens (tertiary/aromatic N) is 2. The zero-order chi connectivity index (χ0) is 23.1. The van der Waals surface area contributed by atoms with Gasteiger partial charge in [0, 0.05) is 5.56 Å². The van der Waals surface area contributed by atoms with E-state index in [9.17, 15) is 13.2 Å². The van der Waals surface area contributed by atoms with Gasteiger partial charge in [-0.3, -0.25) is 9.10 Å². The minimum Gasteiger partial charge on any atom is -0.496 e. The quantitative estimate of drug-likeness (QED) is 0.418. The number of hydrogen-bond acceptors (Lipinski definition) is 5. The molecule has 1 amide bonds. The molecular formula is C24H25N3O4S. The van der Waals surface area contributed by atoms with Gasteiger partial charge in [-0.2, -0.15) is 5.10 Å². The van der Waals surface area contributed by atoms with Crippen molar-refractivity contribution in [1.82, 2.24) is 5.43 Å². The molecule has 0 aromatic heterocycles. The molecule has 3 aromatic rings. The summed E-state index contributed by atoms with van der Waals surface area (Å²) in [5.74, 6) is 0.0313. The van der Waals surface area contributed by atoms with Gasteiger partial charge in [0.15, 0.2) is 0 Å². The lowest BCUT2D eigenvalue weighted by molar-refractivity contribution is -0.119. The second-order valence-electron chi connectivity index (χ2n) is 7.21. The van der Waals surface area contributed by atoms with E-state index < -0.39 is 22.5 Å². The second kappa shape index (κ2) is 10.1. The number of hydrazone groups is 1. The molecule has 0 bridgehead atoms. The topological polar surface area (TPSA) is 88.1 Å². The van der Waals surface area contributed by atoms with Crippen LogP contribution in [0.15, 0.2) is 82.8 Å². The molecule has 8 heteroatoms. The molecule has 0 saturated heterocycles. The molecule has 1 N–H and O–H groups in total. The van der Waals surface area contributed by atoms with E-state index in [1.165, 1.54) is 18.3 Å². The number of nitrogens with one attached hydrogen (secondary N) is 1. The summed E-state index contributed by atoms with van der Waals surface area (Å²) >= 11 is 0. The molecule has 32 heavy (non-hydrogen) atoms. The molecule has 7 nitrogen and oxygen atoms in total. The monoisotopic (exact) mass is 451 g/mol. The number of para-hydroxylation sites is 1. The van der Waals surface area contributed by atoms with Crippen molar-refractivity contribution in [1.29, 1.82) is 0 Å². The van der Waals surface area contributed by atoms with Crippen molar-refractivity contribution in [3.63, 3.8) is 0 Å². The van der Waals surface area contributed by atoms with Gasteiger partial charge in [0.2, 0.25) is 0 Å². The highest BCUT2D eigenvalue weighted by Crippen LogP contribution is 2.25. The van der Waals surface area contributed by atoms with E-state index in [0.29, 0.717) is 17.0 Å². The third kappa shape index (κ3) is 5.53. The highest BCUT2D eigenvalue weighted by molar-refractivity contribution is 7.92. The smallest absolute Gasteiger partial charge is 0.264 e. The second-order valence-corrected chi connectivity index (χ2v) is 9.07. The first-order valence-corrected chi connectivity index (χ1v) is 11.4. The predicted octanol–water partition coefficient (Wildman–Crippen LogP) is 3.66. The summed E-state index contributed by atoms with van der Waals surface area (Å²) in [7, 11) is -2.43. The van der Waals surface area contributed by atoms with Gasteiger partial charge >= 0.3 is 0 Å². The summed E-state index contributed by atoms with van der Waals surface area (Å²) in [5.41, 5.74) is 5.28. The lowest BCUT2D eigenvalue weighted by Crippen LogP contribution is -2.39. The Morgan fingerprint density at radius 2 is 1.62 bits per heavy atom. The molecule has 0 aliphatic heterocycles. The first kappa shape index (κ1) is 23.0. The fourth-order valence-corrected chi connectivity index (χ4v) is 4.67. The maximum absolute atomic E-state index is 13.4. The van der Waals surface area contributed by atoms with Gasteiger partial charge in [-0.05, 0) is 61.4 Å². The Kier molecular flexibility index (Phi) is 7.27. The van der Waals surface area contributed by atoms with E-state index >= 15 is 0 Å². The van der Waals surface area contributed by atoms with E-state index in [1.807, 2.05) is 32.0 Å². The first-order valence-electron chi connectivity index (χ1n) is 9.92. The van der Waals surface area contributed by atoms with Crippen molar-refractivity contribution in [2.24, 2.45) is 5.10 Å². The average molecular weight is 452 g/mol. The Bertz CT molecular complexity index is 1200. The first-order chi connectivity index (χ1) is 15.3. The normalized spacial score (nSPS) is 11.3. The molecular weight excluding hydrogens is 426 g/mol. The van der Waals surface area contributed by atoms with Gasteiger partial charge in [0.1, 0.15) is 12.3 Å². The van der Waals surface area contributed by atoms with Crippen LogP contribution in [0.25, 0.3) is 0 Å². The fourth-order valence-electron chi connectivity index (χ4n) is 3.24. The Morgan fingerprint density at radius 1 is 1.00 bits per heavy atom. The van der Waals surface area contributed by atoms with Crippen LogP contribution < -0.4 is 14.5 Å². The number of sulfonamides is 1. The molecule has 0 aliphatic carbocycles. The number of aryl methyl sites for hydroxylation is 2. The maximum Gasteiger partial charge on any atom is 0.264 e. The van der Waals surface area contributed by atoms with Gasteiger partial charge in [-0.1, -0.05) is 36.4 Å². The van der Waals surface area contributed by atoms with Crippen molar-refractivity contribution in [2.75, 3.05) is 18.0 Å². The van der Waals surface area contributed by atoms with Crippen LogP contribution in [0.2, 0.25) is 0 Å². The highest BCUT2D eigenvalue weighted by atomic mass is 32.2. The summed E-state index contributed by atoms with van der Waals surface area (Å²) in [6, 6.07) is 20.6. The molecule has 3 aromatic carbocycles. The van der Waals surface area contributed by atoms with E-state index in [4.69, 9.17) is 4.74 Å². The predicted molar refractivity (Wildman–Crippen MR) is 126 cm³/mol. The number of carbonyl (C=O) groups excluding carboxylic acids is 1. The maximum atomic E-state index is 13.4. The summed E-state index contributed by atoms with van der Waals surface area (Å²) in [5, 5.41) is 3.96. The molecule has 0 aliphatic rings. The van der Waals surface area contributed by atoms with Crippen molar-refractivity contribution < 1.29 is 17.9 Å². The number of carbonyl (C=O) groups is 1. The number of rotatable bonds is 8. The SMILES string of the molecule is COc1ccccc1/C=N\NC(=O)CN(c1cc(C)cc(C)c1)S(=O)(=O)c1ccccc1. The van der Waals surface area contributed by atoms with Crippen molar-refractivity contribution >= 4 is 27.8 Å². The molecule has 0 unspecified atom stereocenters. The lowest BCUT2D eigenvalue weighted by Gasteiger charge is -2.24. The molecule has 0 saturated carbocycles. The van der Waals surface area contributed by atoms with Gasteiger partial charge in [-0.25, -0.2) is 13.8 Å². The summed E-state index contributed by atoms with van der Waals surface area (Å²) < 4.78 is 33.1. The van der Waals surface area contributed by atoms with E-state index in [2.05, 4.69) is 10.5 Å². The van der Waals surface area contributed by atoms with Crippen LogP contribution in [0, 0.1) is 13.8 Å². The van der Waals surface area contributed by atoms with Gasteiger partial charge < -0.3 is 4.74 Å². The zero-order valence-electron chi connectivity index (χ0n) is 18.1. The zero-order valence-corrected chi connectivity index (χ0v) is 19.0. The van der Waals surface area contributed by atoms with E-state index in [0.717, 1.165) is 15.4 Å². The lowest BCUT2D eigenvalue weighted by atomic mass is 10.1. The average Bonchev–Trinajstić information content (AvgIpc) is 2.77. The van der Waals surface area contributed by atoms with Crippen LogP contribution in [-0.4, -0.2) is 34.2 Å². The molecule has 0 fully saturated rings.